The number of carbonyl (C=O) groups excluding carboxylic acids is 1. The molecule has 1 fully saturated rings. The molecule has 7 nitrogen and oxygen atoms in total. The van der Waals surface area contributed by atoms with Crippen molar-refractivity contribution in [1.82, 2.24) is 9.29 Å². The molecule has 1 N–H and O–H groups in total. The first kappa shape index (κ1) is 24.9. The lowest BCUT2D eigenvalue weighted by Gasteiger charge is -2.34. The zero-order valence-corrected chi connectivity index (χ0v) is 22.0. The van der Waals surface area contributed by atoms with Crippen molar-refractivity contribution in [2.24, 2.45) is 0 Å². The number of hydrogen-bond donors (Lipinski definition) is 1. The molecule has 0 spiro atoms. The molecular formula is C26H24ClN3O4S2. The summed E-state index contributed by atoms with van der Waals surface area (Å²) in [5, 5.41) is 3.76. The van der Waals surface area contributed by atoms with Crippen molar-refractivity contribution in [3.8, 4) is 10.6 Å². The highest BCUT2D eigenvalue weighted by Crippen LogP contribution is 2.35. The molecular weight excluding hydrogens is 518 g/mol. The smallest absolute Gasteiger partial charge is 0.255 e. The van der Waals surface area contributed by atoms with E-state index in [0.29, 0.717) is 5.69 Å². The lowest BCUT2D eigenvalue weighted by atomic mass is 10.1. The van der Waals surface area contributed by atoms with Gasteiger partial charge in [-0.3, -0.25) is 4.79 Å². The van der Waals surface area contributed by atoms with Crippen LogP contribution in [0.3, 0.4) is 0 Å². The lowest BCUT2D eigenvalue weighted by Crippen LogP contribution is -2.48. The first-order chi connectivity index (χ1) is 17.2. The Hall–Kier alpha value is -2.82. The van der Waals surface area contributed by atoms with E-state index in [9.17, 15) is 13.2 Å². The first-order valence-electron chi connectivity index (χ1n) is 11.4. The number of carbonyl (C=O) groups is 1. The number of sulfonamides is 1. The van der Waals surface area contributed by atoms with Crippen LogP contribution in [0.1, 0.15) is 24.2 Å². The number of nitrogens with one attached hydrogen (secondary N) is 1. The molecule has 0 saturated carbocycles. The Kier molecular flexibility index (Phi) is 6.84. The van der Waals surface area contributed by atoms with Gasteiger partial charge >= 0.3 is 0 Å². The van der Waals surface area contributed by atoms with Gasteiger partial charge in [0.05, 0.1) is 33.1 Å². The van der Waals surface area contributed by atoms with Gasteiger partial charge in [-0.1, -0.05) is 35.9 Å². The number of anilines is 1. The lowest BCUT2D eigenvalue weighted by molar-refractivity contribution is -0.0440. The van der Waals surface area contributed by atoms with E-state index in [1.54, 1.807) is 6.07 Å². The molecule has 1 amide bonds. The van der Waals surface area contributed by atoms with Crippen LogP contribution in [0.25, 0.3) is 20.8 Å². The number of morpholine rings is 1. The summed E-state index contributed by atoms with van der Waals surface area (Å²) in [7, 11) is -3.92. The van der Waals surface area contributed by atoms with E-state index >= 15 is 0 Å². The highest BCUT2D eigenvalue weighted by molar-refractivity contribution is 7.89. The maximum absolute atomic E-state index is 13.4. The van der Waals surface area contributed by atoms with Gasteiger partial charge in [0.25, 0.3) is 5.91 Å². The largest absolute Gasteiger partial charge is 0.373 e. The van der Waals surface area contributed by atoms with Gasteiger partial charge in [-0.25, -0.2) is 13.4 Å². The number of benzene rings is 3. The second kappa shape index (κ2) is 9.91. The van der Waals surface area contributed by atoms with Crippen LogP contribution in [0.2, 0.25) is 5.02 Å². The minimum Gasteiger partial charge on any atom is -0.373 e. The molecule has 5 rings (SSSR count). The third-order valence-corrected chi connectivity index (χ3v) is 9.28. The van der Waals surface area contributed by atoms with E-state index in [-0.39, 0.29) is 40.8 Å². The van der Waals surface area contributed by atoms with Crippen molar-refractivity contribution in [2.75, 3.05) is 18.4 Å². The van der Waals surface area contributed by atoms with Crippen LogP contribution < -0.4 is 5.32 Å². The summed E-state index contributed by atoms with van der Waals surface area (Å²) in [6.07, 6.45) is -0.486. The van der Waals surface area contributed by atoms with E-state index in [0.717, 1.165) is 20.8 Å². The Labute approximate surface area is 218 Å². The van der Waals surface area contributed by atoms with Gasteiger partial charge in [0.15, 0.2) is 0 Å². The SMILES string of the molecule is CC1CN(S(=O)(=O)c2cc(C(=O)Nc3ccccc3-c3nc4ccccc4s3)ccc2Cl)CC(C)O1. The third kappa shape index (κ3) is 4.89. The predicted octanol–water partition coefficient (Wildman–Crippen LogP) is 5.67. The number of thiazole rings is 1. The van der Waals surface area contributed by atoms with Crippen LogP contribution in [0, 0.1) is 0 Å². The first-order valence-corrected chi connectivity index (χ1v) is 14.1. The fraction of sp³-hybridized carbons (Fsp3) is 0.231. The summed E-state index contributed by atoms with van der Waals surface area (Å²) in [6.45, 7) is 4.09. The van der Waals surface area contributed by atoms with E-state index in [2.05, 4.69) is 5.32 Å². The van der Waals surface area contributed by atoms with Crippen LogP contribution >= 0.6 is 22.9 Å². The van der Waals surface area contributed by atoms with Gasteiger partial charge in [0.1, 0.15) is 9.90 Å². The monoisotopic (exact) mass is 541 g/mol. The van der Waals surface area contributed by atoms with E-state index in [4.69, 9.17) is 21.3 Å². The van der Waals surface area contributed by atoms with Crippen molar-refractivity contribution >= 4 is 54.8 Å². The molecule has 2 atom stereocenters. The number of rotatable bonds is 5. The summed E-state index contributed by atoms with van der Waals surface area (Å²) >= 11 is 7.84. The van der Waals surface area contributed by atoms with Gasteiger partial charge in [0, 0.05) is 24.2 Å². The minimum absolute atomic E-state index is 0.0632. The third-order valence-electron chi connectivity index (χ3n) is 5.90. The Balaban J connectivity index is 1.44. The molecule has 0 radical (unpaired) electrons. The summed E-state index contributed by atoms with van der Waals surface area (Å²) in [5.41, 5.74) is 2.44. The highest BCUT2D eigenvalue weighted by Gasteiger charge is 2.34. The van der Waals surface area contributed by atoms with E-state index in [1.165, 1.54) is 33.8 Å². The molecule has 2 unspecified atom stereocenters. The fourth-order valence-corrected chi connectivity index (χ4v) is 7.36. The molecule has 1 aromatic heterocycles. The quantitative estimate of drug-likeness (QED) is 0.352. The average Bonchev–Trinajstić information content (AvgIpc) is 3.28. The summed E-state index contributed by atoms with van der Waals surface area (Å²) < 4.78 is 34.9. The zero-order chi connectivity index (χ0) is 25.4. The second-order valence-corrected chi connectivity index (χ2v) is 12.1. The Morgan fingerprint density at radius 3 is 2.50 bits per heavy atom. The van der Waals surface area contributed by atoms with Crippen LogP contribution in [0.4, 0.5) is 5.69 Å². The Morgan fingerprint density at radius 1 is 1.06 bits per heavy atom. The molecule has 4 aromatic rings. The number of halogens is 1. The van der Waals surface area contributed by atoms with E-state index in [1.807, 2.05) is 56.3 Å². The fourth-order valence-electron chi connectivity index (χ4n) is 4.27. The standard InChI is InChI=1S/C26H24ClN3O4S2/c1-16-14-30(15-17(2)34-16)36(32,33)24-13-18(11-12-20(24)27)25(31)28-21-8-4-3-7-19(21)26-29-22-9-5-6-10-23(22)35-26/h3-13,16-17H,14-15H2,1-2H3,(H,28,31). The molecule has 10 heteroatoms. The second-order valence-electron chi connectivity index (χ2n) is 8.71. The molecule has 2 heterocycles. The van der Waals surface area contributed by atoms with Gasteiger partial charge in [-0.15, -0.1) is 11.3 Å². The minimum atomic E-state index is -3.92. The summed E-state index contributed by atoms with van der Waals surface area (Å²) in [4.78, 5) is 17.8. The summed E-state index contributed by atoms with van der Waals surface area (Å²) in [5.74, 6) is -0.444. The van der Waals surface area contributed by atoms with Crippen LogP contribution in [-0.4, -0.2) is 48.9 Å². The predicted molar refractivity (Wildman–Crippen MR) is 143 cm³/mol. The summed E-state index contributed by atoms with van der Waals surface area (Å²) in [6, 6.07) is 19.5. The number of para-hydroxylation sites is 2. The molecule has 1 aliphatic heterocycles. The molecule has 1 aliphatic rings. The maximum atomic E-state index is 13.4. The number of hydrogen-bond acceptors (Lipinski definition) is 6. The van der Waals surface area contributed by atoms with Crippen molar-refractivity contribution < 1.29 is 17.9 Å². The molecule has 1 saturated heterocycles. The zero-order valence-electron chi connectivity index (χ0n) is 19.6. The molecule has 36 heavy (non-hydrogen) atoms. The number of amides is 1. The van der Waals surface area contributed by atoms with Gasteiger partial charge in [-0.05, 0) is 56.3 Å². The maximum Gasteiger partial charge on any atom is 0.255 e. The van der Waals surface area contributed by atoms with Gasteiger partial charge in [0.2, 0.25) is 10.0 Å². The number of fused-ring (bicyclic) bond motifs is 1. The average molecular weight is 542 g/mol. The topological polar surface area (TPSA) is 88.6 Å². The van der Waals surface area contributed by atoms with Crippen molar-refractivity contribution in [1.29, 1.82) is 0 Å². The van der Waals surface area contributed by atoms with E-state index < -0.39 is 15.9 Å². The molecule has 186 valence electrons. The van der Waals surface area contributed by atoms with Crippen LogP contribution in [0.15, 0.2) is 71.6 Å². The van der Waals surface area contributed by atoms with Crippen molar-refractivity contribution in [2.45, 2.75) is 31.0 Å². The van der Waals surface area contributed by atoms with Gasteiger partial charge in [-0.2, -0.15) is 4.31 Å². The normalized spacial score (nSPS) is 18.9. The molecule has 0 aliphatic carbocycles. The number of aromatic nitrogens is 1. The van der Waals surface area contributed by atoms with Crippen molar-refractivity contribution in [3.05, 3.63) is 77.3 Å². The number of ether oxygens (including phenoxy) is 1. The molecule has 0 bridgehead atoms. The van der Waals surface area contributed by atoms with Gasteiger partial charge < -0.3 is 10.1 Å². The van der Waals surface area contributed by atoms with Crippen LogP contribution in [-0.2, 0) is 14.8 Å². The number of nitrogens with zero attached hydrogens (tertiary/aromatic N) is 2. The molecule has 3 aromatic carbocycles. The van der Waals surface area contributed by atoms with Crippen molar-refractivity contribution in [3.63, 3.8) is 0 Å². The van der Waals surface area contributed by atoms with Crippen LogP contribution in [0.5, 0.6) is 0 Å². The Bertz CT molecular complexity index is 1510. The highest BCUT2D eigenvalue weighted by atomic mass is 35.5. The Morgan fingerprint density at radius 2 is 1.75 bits per heavy atom.